The maximum absolute atomic E-state index is 13.2. The van der Waals surface area contributed by atoms with Crippen LogP contribution in [0.25, 0.3) is 11.0 Å². The van der Waals surface area contributed by atoms with Crippen LogP contribution in [-0.4, -0.2) is 81.1 Å². The molecule has 4 rings (SSSR count). The number of carbonyl (C=O) groups excluding carboxylic acids is 2. The van der Waals surface area contributed by atoms with Crippen molar-refractivity contribution in [2.75, 3.05) is 26.7 Å². The van der Waals surface area contributed by atoms with Gasteiger partial charge in [-0.3, -0.25) is 14.5 Å². The Morgan fingerprint density at radius 2 is 2.14 bits per heavy atom. The summed E-state index contributed by atoms with van der Waals surface area (Å²) in [4.78, 5) is 33.2. The topological polar surface area (TPSA) is 90.7 Å². The molecule has 29 heavy (non-hydrogen) atoms. The number of aromatic nitrogens is 2. The van der Waals surface area contributed by atoms with Gasteiger partial charge in [-0.15, -0.1) is 0 Å². The van der Waals surface area contributed by atoms with Crippen LogP contribution >= 0.6 is 0 Å². The number of fused-ring (bicyclic) bond motifs is 1. The molecular weight excluding hydrogens is 370 g/mol. The molecule has 2 aliphatic rings. The quantitative estimate of drug-likeness (QED) is 0.792. The predicted molar refractivity (Wildman–Crippen MR) is 110 cm³/mol. The third-order valence-electron chi connectivity index (χ3n) is 6.49. The number of hydrogen-bond acceptors (Lipinski definition) is 5. The third-order valence-corrected chi connectivity index (χ3v) is 6.49. The fourth-order valence-corrected chi connectivity index (χ4v) is 4.70. The zero-order valence-corrected chi connectivity index (χ0v) is 17.3. The fraction of sp³-hybridized carbons (Fsp3) is 0.571. The van der Waals surface area contributed by atoms with Crippen molar-refractivity contribution in [3.8, 4) is 0 Å². The molecule has 8 heteroatoms. The maximum Gasteiger partial charge on any atom is 0.254 e. The highest BCUT2D eigenvalue weighted by Gasteiger charge is 2.40. The van der Waals surface area contributed by atoms with Gasteiger partial charge in [0.2, 0.25) is 5.91 Å². The number of carbonyl (C=O) groups is 2. The van der Waals surface area contributed by atoms with Crippen molar-refractivity contribution in [2.24, 2.45) is 7.05 Å². The summed E-state index contributed by atoms with van der Waals surface area (Å²) >= 11 is 0. The number of amides is 2. The Labute approximate surface area is 170 Å². The van der Waals surface area contributed by atoms with E-state index in [1.807, 2.05) is 36.7 Å². The first-order valence-corrected chi connectivity index (χ1v) is 10.3. The maximum atomic E-state index is 13.2. The standard InChI is InChI=1S/C21H29N5O3/c1-13-23-15-11-14(7-8-16(15)24(13)2)21(29)25(3)17-5-4-6-18(20(17)28)26-10-9-22-19(27)12-26/h7-8,11,17-18,20,28H,4-6,9-10,12H2,1-3H3,(H,22,27)/t17-,18-,20-/m1/s1. The lowest BCUT2D eigenvalue weighted by Crippen LogP contribution is -2.61. The zero-order valence-electron chi connectivity index (χ0n) is 17.3. The molecule has 8 nitrogen and oxygen atoms in total. The minimum atomic E-state index is -0.676. The van der Waals surface area contributed by atoms with Gasteiger partial charge in [0.1, 0.15) is 5.82 Å². The van der Waals surface area contributed by atoms with Gasteiger partial charge in [-0.1, -0.05) is 0 Å². The molecule has 3 atom stereocenters. The van der Waals surface area contributed by atoms with Gasteiger partial charge in [-0.05, 0) is 44.4 Å². The van der Waals surface area contributed by atoms with Crippen molar-refractivity contribution in [1.82, 2.24) is 24.7 Å². The van der Waals surface area contributed by atoms with E-state index in [1.165, 1.54) is 0 Å². The van der Waals surface area contributed by atoms with Crippen molar-refractivity contribution in [3.63, 3.8) is 0 Å². The Bertz CT molecular complexity index is 940. The molecule has 1 saturated heterocycles. The number of aliphatic hydroxyl groups excluding tert-OH is 1. The summed E-state index contributed by atoms with van der Waals surface area (Å²) in [6.07, 6.45) is 1.84. The number of imidazole rings is 1. The van der Waals surface area contributed by atoms with Gasteiger partial charge in [0.05, 0.1) is 29.7 Å². The molecule has 1 aliphatic heterocycles. The van der Waals surface area contributed by atoms with Crippen LogP contribution in [-0.2, 0) is 11.8 Å². The first-order valence-electron chi connectivity index (χ1n) is 10.3. The molecule has 2 fully saturated rings. The normalized spacial score (nSPS) is 25.8. The lowest BCUT2D eigenvalue weighted by Gasteiger charge is -2.45. The zero-order chi connectivity index (χ0) is 20.7. The van der Waals surface area contributed by atoms with Gasteiger partial charge in [-0.2, -0.15) is 0 Å². The Kier molecular flexibility index (Phi) is 5.31. The molecule has 0 radical (unpaired) electrons. The van der Waals surface area contributed by atoms with E-state index in [-0.39, 0.29) is 23.9 Å². The molecule has 0 bridgehead atoms. The summed E-state index contributed by atoms with van der Waals surface area (Å²) in [7, 11) is 3.72. The number of aryl methyl sites for hydroxylation is 2. The van der Waals surface area contributed by atoms with Gasteiger partial charge in [-0.25, -0.2) is 4.98 Å². The summed E-state index contributed by atoms with van der Waals surface area (Å²) in [5.74, 6) is 0.777. The van der Waals surface area contributed by atoms with Crippen LogP contribution in [0.1, 0.15) is 35.4 Å². The van der Waals surface area contributed by atoms with Crippen LogP contribution in [0.2, 0.25) is 0 Å². The molecule has 2 heterocycles. The number of rotatable bonds is 3. The van der Waals surface area contributed by atoms with E-state index in [9.17, 15) is 14.7 Å². The molecule has 2 N–H and O–H groups in total. The fourth-order valence-electron chi connectivity index (χ4n) is 4.70. The number of nitrogens with zero attached hydrogens (tertiary/aromatic N) is 4. The lowest BCUT2D eigenvalue weighted by atomic mass is 9.85. The summed E-state index contributed by atoms with van der Waals surface area (Å²) in [5, 5.41) is 13.9. The second-order valence-corrected chi connectivity index (χ2v) is 8.21. The van der Waals surface area contributed by atoms with Gasteiger partial charge in [0, 0.05) is 38.8 Å². The Morgan fingerprint density at radius 3 is 2.90 bits per heavy atom. The number of nitrogens with one attached hydrogen (secondary N) is 1. The van der Waals surface area contributed by atoms with Gasteiger partial charge >= 0.3 is 0 Å². The molecule has 1 saturated carbocycles. The molecule has 2 amide bonds. The van der Waals surface area contributed by atoms with Crippen LogP contribution in [0.3, 0.4) is 0 Å². The number of likely N-dealkylation sites (N-methyl/N-ethyl adjacent to an activating group) is 1. The Balaban J connectivity index is 1.52. The third kappa shape index (κ3) is 3.62. The van der Waals surface area contributed by atoms with Crippen molar-refractivity contribution >= 4 is 22.8 Å². The SMILES string of the molecule is Cc1nc2cc(C(=O)N(C)[C@@H]3CCC[C@@H](N4CCNC(=O)C4)[C@@H]3O)ccc2n1C. The van der Waals surface area contributed by atoms with Crippen LogP contribution in [0.5, 0.6) is 0 Å². The van der Waals surface area contributed by atoms with Gasteiger partial charge < -0.3 is 19.9 Å². The highest BCUT2D eigenvalue weighted by Crippen LogP contribution is 2.28. The van der Waals surface area contributed by atoms with Crippen LogP contribution in [0, 0.1) is 6.92 Å². The minimum Gasteiger partial charge on any atom is -0.389 e. The molecule has 2 aromatic rings. The Hall–Kier alpha value is -2.45. The monoisotopic (exact) mass is 399 g/mol. The number of aliphatic hydroxyl groups is 1. The lowest BCUT2D eigenvalue weighted by molar-refractivity contribution is -0.127. The van der Waals surface area contributed by atoms with Crippen LogP contribution < -0.4 is 5.32 Å². The number of hydrogen-bond donors (Lipinski definition) is 2. The minimum absolute atomic E-state index is 0.00559. The van der Waals surface area contributed by atoms with E-state index < -0.39 is 6.10 Å². The van der Waals surface area contributed by atoms with Crippen molar-refractivity contribution in [3.05, 3.63) is 29.6 Å². The molecule has 1 aromatic heterocycles. The number of benzene rings is 1. The molecule has 156 valence electrons. The smallest absolute Gasteiger partial charge is 0.254 e. The highest BCUT2D eigenvalue weighted by atomic mass is 16.3. The second kappa shape index (κ2) is 7.76. The van der Waals surface area contributed by atoms with E-state index in [4.69, 9.17) is 0 Å². The molecule has 1 aromatic carbocycles. The Morgan fingerprint density at radius 1 is 1.34 bits per heavy atom. The molecular formula is C21H29N5O3. The van der Waals surface area contributed by atoms with E-state index in [0.717, 1.165) is 42.7 Å². The molecule has 0 unspecified atom stereocenters. The molecule has 0 spiro atoms. The molecule has 1 aliphatic carbocycles. The first kappa shape index (κ1) is 19.8. The van der Waals surface area contributed by atoms with Crippen molar-refractivity contribution in [2.45, 2.75) is 44.4 Å². The first-order chi connectivity index (χ1) is 13.9. The van der Waals surface area contributed by atoms with E-state index in [2.05, 4.69) is 15.2 Å². The summed E-state index contributed by atoms with van der Waals surface area (Å²) < 4.78 is 2.00. The van der Waals surface area contributed by atoms with Crippen molar-refractivity contribution < 1.29 is 14.7 Å². The summed E-state index contributed by atoms with van der Waals surface area (Å²) in [6, 6.07) is 5.19. The number of piperazine rings is 1. The largest absolute Gasteiger partial charge is 0.389 e. The summed E-state index contributed by atoms with van der Waals surface area (Å²) in [6.45, 7) is 3.58. The average molecular weight is 399 g/mol. The van der Waals surface area contributed by atoms with E-state index >= 15 is 0 Å². The highest BCUT2D eigenvalue weighted by molar-refractivity contribution is 5.97. The second-order valence-electron chi connectivity index (χ2n) is 8.21. The predicted octanol–water partition coefficient (Wildman–Crippen LogP) is 0.668. The van der Waals surface area contributed by atoms with Crippen molar-refractivity contribution in [1.29, 1.82) is 0 Å². The average Bonchev–Trinajstić information content (AvgIpc) is 3.00. The van der Waals surface area contributed by atoms with Gasteiger partial charge in [0.15, 0.2) is 0 Å². The van der Waals surface area contributed by atoms with E-state index in [0.29, 0.717) is 18.7 Å². The van der Waals surface area contributed by atoms with Crippen LogP contribution in [0.4, 0.5) is 0 Å². The van der Waals surface area contributed by atoms with E-state index in [1.54, 1.807) is 11.9 Å². The summed E-state index contributed by atoms with van der Waals surface area (Å²) in [5.41, 5.74) is 2.36. The van der Waals surface area contributed by atoms with Gasteiger partial charge in [0.25, 0.3) is 5.91 Å². The van der Waals surface area contributed by atoms with Crippen LogP contribution in [0.15, 0.2) is 18.2 Å².